The Balaban J connectivity index is 2.16. The summed E-state index contributed by atoms with van der Waals surface area (Å²) in [6, 6.07) is 0.487. The summed E-state index contributed by atoms with van der Waals surface area (Å²) in [4.78, 5) is 11.4. The van der Waals surface area contributed by atoms with Gasteiger partial charge in [0.25, 0.3) is 0 Å². The van der Waals surface area contributed by atoms with Gasteiger partial charge < -0.3 is 5.23 Å². The third kappa shape index (κ3) is 1.03. The molecule has 2 aliphatic rings. The minimum absolute atomic E-state index is 0.328. The summed E-state index contributed by atoms with van der Waals surface area (Å²) in [5.41, 5.74) is 0. The van der Waals surface area contributed by atoms with E-state index in [1.165, 1.54) is 19.3 Å². The van der Waals surface area contributed by atoms with Gasteiger partial charge in [0.2, 0.25) is 0 Å². The molecule has 0 heterocycles. The number of hydrogen-bond donors (Lipinski definition) is 1. The van der Waals surface area contributed by atoms with Crippen molar-refractivity contribution >= 4 is 13.8 Å². The highest BCUT2D eigenvalue weighted by Crippen LogP contribution is 2.48. The van der Waals surface area contributed by atoms with E-state index in [1.54, 1.807) is 6.92 Å². The number of rotatable bonds is 2. The van der Waals surface area contributed by atoms with Crippen LogP contribution in [-0.4, -0.2) is 19.8 Å². The Hall–Kier alpha value is -0.305. The lowest BCUT2D eigenvalue weighted by molar-refractivity contribution is -0.122. The lowest BCUT2D eigenvalue weighted by Gasteiger charge is -2.29. The minimum atomic E-state index is 0.328. The molecule has 0 aromatic carbocycles. The van der Waals surface area contributed by atoms with Gasteiger partial charge in [0.1, 0.15) is 5.78 Å². The van der Waals surface area contributed by atoms with Crippen molar-refractivity contribution in [3.63, 3.8) is 0 Å². The van der Waals surface area contributed by atoms with Crippen LogP contribution in [0.5, 0.6) is 0 Å². The van der Waals surface area contributed by atoms with Crippen molar-refractivity contribution in [2.24, 2.45) is 17.8 Å². The molecule has 4 atom stereocenters. The molecule has 2 rings (SSSR count). The fraction of sp³-hybridized carbons (Fsp3) is 0.889. The summed E-state index contributed by atoms with van der Waals surface area (Å²) in [5, 5.41) is 3.31. The van der Waals surface area contributed by atoms with E-state index in [9.17, 15) is 4.79 Å². The zero-order chi connectivity index (χ0) is 8.72. The highest BCUT2D eigenvalue weighted by atomic mass is 16.1. The maximum atomic E-state index is 11.4. The molecule has 0 spiro atoms. The molecular formula is C9H16BNO. The van der Waals surface area contributed by atoms with Crippen LogP contribution < -0.4 is 5.23 Å². The van der Waals surface area contributed by atoms with Gasteiger partial charge in [-0.2, -0.15) is 0 Å². The number of carbonyl (C=O) groups excluding carboxylic acids is 1. The van der Waals surface area contributed by atoms with Crippen LogP contribution in [0.3, 0.4) is 0 Å². The summed E-state index contributed by atoms with van der Waals surface area (Å²) in [6.45, 7) is 1.75. The molecule has 0 aromatic rings. The van der Waals surface area contributed by atoms with E-state index in [4.69, 9.17) is 0 Å². The van der Waals surface area contributed by atoms with Crippen LogP contribution in [0.15, 0.2) is 0 Å². The van der Waals surface area contributed by atoms with Crippen molar-refractivity contribution in [3.8, 4) is 0 Å². The first-order valence-corrected chi connectivity index (χ1v) is 4.91. The van der Waals surface area contributed by atoms with Gasteiger partial charge in [0, 0.05) is 12.0 Å². The van der Waals surface area contributed by atoms with Gasteiger partial charge in [-0.15, -0.1) is 0 Å². The molecule has 2 aliphatic carbocycles. The molecule has 0 radical (unpaired) electrons. The van der Waals surface area contributed by atoms with Crippen LogP contribution >= 0.6 is 0 Å². The smallest absolute Gasteiger partial charge is 0.182 e. The second-order valence-electron chi connectivity index (χ2n) is 4.28. The van der Waals surface area contributed by atoms with Crippen LogP contribution in [0.25, 0.3) is 0 Å². The van der Waals surface area contributed by atoms with Gasteiger partial charge in [0.15, 0.2) is 7.98 Å². The Labute approximate surface area is 74.5 Å². The third-order valence-electron chi connectivity index (χ3n) is 3.72. The van der Waals surface area contributed by atoms with Gasteiger partial charge in [-0.25, -0.2) is 0 Å². The van der Waals surface area contributed by atoms with Gasteiger partial charge >= 0.3 is 0 Å². The first-order valence-electron chi connectivity index (χ1n) is 4.91. The normalized spacial score (nSPS) is 45.1. The lowest BCUT2D eigenvalue weighted by atomic mass is 9.81. The van der Waals surface area contributed by atoms with Crippen LogP contribution in [0.1, 0.15) is 26.2 Å². The Morgan fingerprint density at radius 2 is 2.08 bits per heavy atom. The number of nitrogens with one attached hydrogen (secondary N) is 1. The first-order chi connectivity index (χ1) is 5.74. The molecule has 0 saturated heterocycles. The maximum Gasteiger partial charge on any atom is 0.182 e. The Bertz CT molecular complexity index is 207. The minimum Gasteiger partial charge on any atom is -0.359 e. The van der Waals surface area contributed by atoms with Crippen molar-refractivity contribution in [2.75, 3.05) is 0 Å². The number of hydrogen-bond acceptors (Lipinski definition) is 2. The van der Waals surface area contributed by atoms with Crippen LogP contribution in [0, 0.1) is 17.8 Å². The quantitative estimate of drug-likeness (QED) is 0.589. The van der Waals surface area contributed by atoms with Gasteiger partial charge in [0.05, 0.1) is 0 Å². The van der Waals surface area contributed by atoms with E-state index >= 15 is 0 Å². The Morgan fingerprint density at radius 3 is 2.58 bits per heavy atom. The monoisotopic (exact) mass is 165 g/mol. The average Bonchev–Trinajstić information content (AvgIpc) is 2.60. The molecule has 66 valence electrons. The molecule has 0 amide bonds. The van der Waals surface area contributed by atoms with Crippen LogP contribution in [0.4, 0.5) is 0 Å². The SMILES string of the molecule is BN[C@H]1C2CCC(C2)[C@H]1C(C)=O. The van der Waals surface area contributed by atoms with Crippen molar-refractivity contribution < 1.29 is 4.79 Å². The summed E-state index contributed by atoms with van der Waals surface area (Å²) in [5.74, 6) is 2.20. The van der Waals surface area contributed by atoms with Crippen LogP contribution in [0.2, 0.25) is 0 Å². The fourth-order valence-corrected chi connectivity index (χ4v) is 3.29. The molecule has 2 unspecified atom stereocenters. The molecule has 1 N–H and O–H groups in total. The van der Waals surface area contributed by atoms with E-state index in [0.717, 1.165) is 5.92 Å². The standard InChI is InChI=1S/C9H16BNO/c1-5(12)8-6-2-3-7(4-6)9(8)11-10/h6-9,11H,2-4,10H2,1H3/t6?,7?,8-,9+/m1/s1. The second-order valence-corrected chi connectivity index (χ2v) is 4.28. The number of carbonyl (C=O) groups is 1. The predicted molar refractivity (Wildman–Crippen MR) is 50.5 cm³/mol. The third-order valence-corrected chi connectivity index (χ3v) is 3.72. The van der Waals surface area contributed by atoms with Crippen molar-refractivity contribution in [2.45, 2.75) is 32.2 Å². The van der Waals surface area contributed by atoms with Crippen molar-refractivity contribution in [1.29, 1.82) is 0 Å². The first kappa shape index (κ1) is 8.30. The van der Waals surface area contributed by atoms with Crippen LogP contribution in [-0.2, 0) is 4.79 Å². The zero-order valence-corrected chi connectivity index (χ0v) is 7.84. The van der Waals surface area contributed by atoms with Gasteiger partial charge in [-0.3, -0.25) is 4.79 Å². The molecular weight excluding hydrogens is 149 g/mol. The molecule has 2 saturated carbocycles. The zero-order valence-electron chi connectivity index (χ0n) is 7.84. The van der Waals surface area contributed by atoms with Crippen molar-refractivity contribution in [3.05, 3.63) is 0 Å². The summed E-state index contributed by atoms with van der Waals surface area (Å²) in [7, 11) is 1.99. The average molecular weight is 165 g/mol. The Morgan fingerprint density at radius 1 is 1.42 bits per heavy atom. The number of Topliss-reactive ketones (excluding diaryl/α,β-unsaturated/α-hetero) is 1. The molecule has 0 aliphatic heterocycles. The molecule has 3 heteroatoms. The second kappa shape index (κ2) is 2.88. The largest absolute Gasteiger partial charge is 0.359 e. The summed E-state index contributed by atoms with van der Waals surface area (Å²) < 4.78 is 0. The molecule has 12 heavy (non-hydrogen) atoms. The van der Waals surface area contributed by atoms with E-state index in [2.05, 4.69) is 5.23 Å². The lowest BCUT2D eigenvalue weighted by Crippen LogP contribution is -2.42. The van der Waals surface area contributed by atoms with E-state index in [-0.39, 0.29) is 0 Å². The number of ketones is 1. The molecule has 2 bridgehead atoms. The summed E-state index contributed by atoms with van der Waals surface area (Å²) >= 11 is 0. The highest BCUT2D eigenvalue weighted by Gasteiger charge is 2.48. The fourth-order valence-electron chi connectivity index (χ4n) is 3.29. The van der Waals surface area contributed by atoms with Gasteiger partial charge in [-0.1, -0.05) is 0 Å². The highest BCUT2D eigenvalue weighted by molar-refractivity contribution is 6.05. The number of fused-ring (bicyclic) bond motifs is 2. The van der Waals surface area contributed by atoms with Crippen molar-refractivity contribution in [1.82, 2.24) is 5.23 Å². The molecule has 0 aromatic heterocycles. The Kier molecular flexibility index (Phi) is 1.99. The van der Waals surface area contributed by atoms with E-state index in [0.29, 0.717) is 23.7 Å². The van der Waals surface area contributed by atoms with E-state index in [1.807, 2.05) is 7.98 Å². The molecule has 2 nitrogen and oxygen atoms in total. The summed E-state index contributed by atoms with van der Waals surface area (Å²) in [6.07, 6.45) is 3.91. The van der Waals surface area contributed by atoms with E-state index < -0.39 is 0 Å². The maximum absolute atomic E-state index is 11.4. The molecule has 2 fully saturated rings. The predicted octanol–water partition coefficient (Wildman–Crippen LogP) is 0.128. The van der Waals surface area contributed by atoms with Gasteiger partial charge in [-0.05, 0) is 38.0 Å². The topological polar surface area (TPSA) is 29.1 Å².